The van der Waals surface area contributed by atoms with Gasteiger partial charge < -0.3 is 10.8 Å². The number of hydrogen-bond acceptors (Lipinski definition) is 5. The van der Waals surface area contributed by atoms with Gasteiger partial charge in [0.15, 0.2) is 0 Å². The van der Waals surface area contributed by atoms with Gasteiger partial charge in [-0.3, -0.25) is 0 Å². The number of nitriles is 1. The first kappa shape index (κ1) is 14.8. The minimum absolute atomic E-state index is 0.0295. The molecular formula is C13H17N3O3S. The van der Waals surface area contributed by atoms with Crippen LogP contribution in [0.15, 0.2) is 23.1 Å². The van der Waals surface area contributed by atoms with Crippen LogP contribution in [0.25, 0.3) is 0 Å². The van der Waals surface area contributed by atoms with Crippen LogP contribution in [0.1, 0.15) is 31.2 Å². The third-order valence-corrected chi connectivity index (χ3v) is 5.03. The Bertz CT molecular complexity index is 637. The maximum Gasteiger partial charge on any atom is 0.242 e. The predicted molar refractivity (Wildman–Crippen MR) is 74.2 cm³/mol. The van der Waals surface area contributed by atoms with E-state index < -0.39 is 22.2 Å². The Morgan fingerprint density at radius 2 is 2.05 bits per heavy atom. The van der Waals surface area contributed by atoms with Crippen LogP contribution in [-0.2, 0) is 10.0 Å². The molecule has 0 unspecified atom stereocenters. The van der Waals surface area contributed by atoms with Crippen LogP contribution in [-0.4, -0.2) is 25.7 Å². The fourth-order valence-electron chi connectivity index (χ4n) is 2.37. The van der Waals surface area contributed by atoms with Gasteiger partial charge >= 0.3 is 0 Å². The van der Waals surface area contributed by atoms with Gasteiger partial charge in [0.05, 0.1) is 23.4 Å². The fraction of sp³-hybridized carbons (Fsp3) is 0.462. The number of nitrogen functional groups attached to an aromatic ring is 1. The van der Waals surface area contributed by atoms with Gasteiger partial charge in [0.25, 0.3) is 0 Å². The smallest absolute Gasteiger partial charge is 0.242 e. The topological polar surface area (TPSA) is 116 Å². The Balaban J connectivity index is 2.24. The van der Waals surface area contributed by atoms with Gasteiger partial charge in [0, 0.05) is 6.04 Å². The second-order valence-corrected chi connectivity index (χ2v) is 6.63. The summed E-state index contributed by atoms with van der Waals surface area (Å²) in [4.78, 5) is -0.0609. The Hall–Kier alpha value is -1.62. The van der Waals surface area contributed by atoms with Crippen molar-refractivity contribution in [1.29, 1.82) is 5.26 Å². The fourth-order valence-corrected chi connectivity index (χ4v) is 3.79. The van der Waals surface area contributed by atoms with E-state index in [2.05, 4.69) is 4.72 Å². The number of aliphatic hydroxyl groups is 1. The average molecular weight is 295 g/mol. The first-order valence-electron chi connectivity index (χ1n) is 6.44. The highest BCUT2D eigenvalue weighted by atomic mass is 32.2. The zero-order valence-corrected chi connectivity index (χ0v) is 11.7. The van der Waals surface area contributed by atoms with E-state index in [0.29, 0.717) is 18.4 Å². The van der Waals surface area contributed by atoms with Gasteiger partial charge in [-0.1, -0.05) is 12.8 Å². The molecule has 1 aromatic carbocycles. The Morgan fingerprint density at radius 1 is 1.35 bits per heavy atom. The van der Waals surface area contributed by atoms with Gasteiger partial charge in [-0.05, 0) is 31.0 Å². The van der Waals surface area contributed by atoms with Gasteiger partial charge in [-0.2, -0.15) is 5.26 Å². The first-order chi connectivity index (χ1) is 9.44. The highest BCUT2D eigenvalue weighted by Crippen LogP contribution is 2.23. The molecule has 1 aliphatic rings. The quantitative estimate of drug-likeness (QED) is 0.710. The molecule has 2 rings (SSSR count). The maximum absolute atomic E-state index is 12.3. The average Bonchev–Trinajstić information content (AvgIpc) is 2.40. The number of nitrogens with one attached hydrogen (secondary N) is 1. The number of sulfonamides is 1. The maximum atomic E-state index is 12.3. The molecule has 2 atom stereocenters. The molecule has 4 N–H and O–H groups in total. The number of benzene rings is 1. The molecule has 1 aliphatic carbocycles. The van der Waals surface area contributed by atoms with Crippen LogP contribution in [0.2, 0.25) is 0 Å². The largest absolute Gasteiger partial charge is 0.398 e. The number of hydrogen-bond donors (Lipinski definition) is 3. The monoisotopic (exact) mass is 295 g/mol. The molecule has 0 radical (unpaired) electrons. The van der Waals surface area contributed by atoms with Crippen LogP contribution in [0.5, 0.6) is 0 Å². The van der Waals surface area contributed by atoms with E-state index in [1.54, 1.807) is 0 Å². The van der Waals surface area contributed by atoms with Crippen LogP contribution in [0.4, 0.5) is 5.69 Å². The number of rotatable bonds is 3. The van der Waals surface area contributed by atoms with E-state index >= 15 is 0 Å². The standard InChI is InChI=1S/C13H17N3O3S/c14-8-9-5-6-13(10(15)7-9)20(18,19)16-11-3-1-2-4-12(11)17/h5-7,11-12,16-17H,1-4,15H2/t11-,12-/m1/s1. The molecular weight excluding hydrogens is 278 g/mol. The Morgan fingerprint density at radius 3 is 2.65 bits per heavy atom. The summed E-state index contributed by atoms with van der Waals surface area (Å²) in [5.74, 6) is 0. The molecule has 0 aromatic heterocycles. The summed E-state index contributed by atoms with van der Waals surface area (Å²) in [5, 5.41) is 18.6. The lowest BCUT2D eigenvalue weighted by Crippen LogP contribution is -2.45. The molecule has 0 amide bonds. The van der Waals surface area contributed by atoms with Crippen molar-refractivity contribution in [2.24, 2.45) is 0 Å². The lowest BCUT2D eigenvalue weighted by Gasteiger charge is -2.28. The first-order valence-corrected chi connectivity index (χ1v) is 7.92. The molecule has 0 bridgehead atoms. The summed E-state index contributed by atoms with van der Waals surface area (Å²) >= 11 is 0. The van der Waals surface area contributed by atoms with Gasteiger partial charge in [-0.15, -0.1) is 0 Å². The second-order valence-electron chi connectivity index (χ2n) is 4.94. The van der Waals surface area contributed by atoms with Crippen LogP contribution in [0.3, 0.4) is 0 Å². The molecule has 20 heavy (non-hydrogen) atoms. The summed E-state index contributed by atoms with van der Waals surface area (Å²) in [6.45, 7) is 0. The molecule has 0 saturated heterocycles. The van der Waals surface area contributed by atoms with E-state index in [0.717, 1.165) is 12.8 Å². The molecule has 6 nitrogen and oxygen atoms in total. The van der Waals surface area contributed by atoms with Gasteiger partial charge in [0.1, 0.15) is 4.90 Å². The second kappa shape index (κ2) is 5.79. The summed E-state index contributed by atoms with van der Waals surface area (Å²) < 4.78 is 27.1. The molecule has 0 spiro atoms. The van der Waals surface area contributed by atoms with Crippen LogP contribution < -0.4 is 10.5 Å². The third-order valence-electron chi connectivity index (χ3n) is 3.46. The third kappa shape index (κ3) is 3.10. The zero-order chi connectivity index (χ0) is 14.8. The minimum atomic E-state index is -3.79. The number of anilines is 1. The van der Waals surface area contributed by atoms with E-state index in [9.17, 15) is 13.5 Å². The van der Waals surface area contributed by atoms with Crippen molar-refractivity contribution in [1.82, 2.24) is 4.72 Å². The van der Waals surface area contributed by atoms with Gasteiger partial charge in [-0.25, -0.2) is 13.1 Å². The van der Waals surface area contributed by atoms with E-state index in [4.69, 9.17) is 11.0 Å². The van der Waals surface area contributed by atoms with Crippen molar-refractivity contribution in [3.8, 4) is 6.07 Å². The van der Waals surface area contributed by atoms with Crippen molar-refractivity contribution in [3.63, 3.8) is 0 Å². The highest BCUT2D eigenvalue weighted by molar-refractivity contribution is 7.89. The number of aliphatic hydroxyl groups excluding tert-OH is 1. The highest BCUT2D eigenvalue weighted by Gasteiger charge is 2.29. The molecule has 1 fully saturated rings. The lowest BCUT2D eigenvalue weighted by molar-refractivity contribution is 0.101. The van der Waals surface area contributed by atoms with E-state index in [1.165, 1.54) is 18.2 Å². The molecule has 0 heterocycles. The molecule has 7 heteroatoms. The predicted octanol–water partition coefficient (Wildman–Crippen LogP) is 0.722. The van der Waals surface area contributed by atoms with Crippen LogP contribution in [0, 0.1) is 11.3 Å². The summed E-state index contributed by atoms with van der Waals surface area (Å²) in [5.41, 5.74) is 6.02. The SMILES string of the molecule is N#Cc1ccc(S(=O)(=O)N[C@@H]2CCCC[C@H]2O)c(N)c1. The molecule has 1 saturated carbocycles. The molecule has 108 valence electrons. The van der Waals surface area contributed by atoms with Crippen molar-refractivity contribution in [2.45, 2.75) is 42.7 Å². The van der Waals surface area contributed by atoms with E-state index in [-0.39, 0.29) is 10.6 Å². The molecule has 1 aromatic rings. The van der Waals surface area contributed by atoms with Crippen molar-refractivity contribution < 1.29 is 13.5 Å². The van der Waals surface area contributed by atoms with Gasteiger partial charge in [0.2, 0.25) is 10.0 Å². The number of nitrogens with zero attached hydrogens (tertiary/aromatic N) is 1. The lowest BCUT2D eigenvalue weighted by atomic mass is 9.93. The van der Waals surface area contributed by atoms with E-state index in [1.807, 2.05) is 6.07 Å². The minimum Gasteiger partial charge on any atom is -0.398 e. The molecule has 0 aliphatic heterocycles. The van der Waals surface area contributed by atoms with Crippen molar-refractivity contribution in [2.75, 3.05) is 5.73 Å². The summed E-state index contributed by atoms with van der Waals surface area (Å²) in [6, 6.07) is 5.46. The normalized spacial score (nSPS) is 23.2. The Kier molecular flexibility index (Phi) is 4.28. The number of nitrogens with two attached hydrogens (primary N) is 1. The van der Waals surface area contributed by atoms with Crippen molar-refractivity contribution >= 4 is 15.7 Å². The van der Waals surface area contributed by atoms with Crippen molar-refractivity contribution in [3.05, 3.63) is 23.8 Å². The zero-order valence-electron chi connectivity index (χ0n) is 10.9. The van der Waals surface area contributed by atoms with Crippen LogP contribution >= 0.6 is 0 Å². The summed E-state index contributed by atoms with van der Waals surface area (Å²) in [6.07, 6.45) is 2.32. The Labute approximate surface area is 118 Å². The summed E-state index contributed by atoms with van der Waals surface area (Å²) in [7, 11) is -3.79.